The van der Waals surface area contributed by atoms with Crippen molar-refractivity contribution >= 4 is 5.91 Å². The molecular formula is C14H22N2O2. The Balaban J connectivity index is 2.42. The van der Waals surface area contributed by atoms with Crippen LogP contribution in [0.15, 0.2) is 18.2 Å². The van der Waals surface area contributed by atoms with Gasteiger partial charge in [0.2, 0.25) is 5.91 Å². The molecular weight excluding hydrogens is 228 g/mol. The Bertz CT molecular complexity index is 422. The molecule has 0 aliphatic carbocycles. The summed E-state index contributed by atoms with van der Waals surface area (Å²) >= 11 is 0. The van der Waals surface area contributed by atoms with Gasteiger partial charge in [0, 0.05) is 17.6 Å². The zero-order valence-corrected chi connectivity index (χ0v) is 11.5. The molecule has 4 heteroatoms. The normalized spacial score (nSPS) is 11.3. The number of hydrogen-bond acceptors (Lipinski definition) is 3. The van der Waals surface area contributed by atoms with Crippen molar-refractivity contribution < 1.29 is 9.90 Å². The maximum atomic E-state index is 11.6. The van der Waals surface area contributed by atoms with Crippen molar-refractivity contribution in [2.75, 3.05) is 6.54 Å². The second kappa shape index (κ2) is 5.87. The van der Waals surface area contributed by atoms with Gasteiger partial charge in [-0.05, 0) is 33.8 Å². The Labute approximate surface area is 108 Å². The first-order chi connectivity index (χ1) is 8.28. The molecule has 1 rings (SSSR count). The number of carbonyl (C=O) groups is 1. The minimum absolute atomic E-state index is 0.0466. The molecule has 1 amide bonds. The van der Waals surface area contributed by atoms with Crippen LogP contribution < -0.4 is 10.6 Å². The minimum Gasteiger partial charge on any atom is -0.508 e. The molecule has 1 aromatic carbocycles. The average molecular weight is 250 g/mol. The van der Waals surface area contributed by atoms with E-state index >= 15 is 0 Å². The number of hydrogen-bond donors (Lipinski definition) is 3. The Morgan fingerprint density at radius 1 is 1.33 bits per heavy atom. The van der Waals surface area contributed by atoms with Crippen LogP contribution in [0.1, 0.15) is 31.9 Å². The topological polar surface area (TPSA) is 61.4 Å². The lowest BCUT2D eigenvalue weighted by molar-refractivity contribution is -0.121. The van der Waals surface area contributed by atoms with Crippen LogP contribution in [0.5, 0.6) is 5.75 Å². The van der Waals surface area contributed by atoms with Gasteiger partial charge in [-0.3, -0.25) is 4.79 Å². The van der Waals surface area contributed by atoms with E-state index in [9.17, 15) is 9.90 Å². The van der Waals surface area contributed by atoms with Crippen LogP contribution in [0, 0.1) is 6.92 Å². The van der Waals surface area contributed by atoms with E-state index in [1.54, 1.807) is 6.07 Å². The van der Waals surface area contributed by atoms with Crippen LogP contribution in [-0.2, 0) is 11.3 Å². The molecule has 0 bridgehead atoms. The molecule has 1 aromatic rings. The lowest BCUT2D eigenvalue weighted by Crippen LogP contribution is -2.44. The lowest BCUT2D eigenvalue weighted by Gasteiger charge is -2.20. The van der Waals surface area contributed by atoms with Crippen LogP contribution in [0.3, 0.4) is 0 Å². The number of aryl methyl sites for hydroxylation is 1. The summed E-state index contributed by atoms with van der Waals surface area (Å²) in [6, 6.07) is 5.43. The first-order valence-electron chi connectivity index (χ1n) is 6.08. The molecule has 4 nitrogen and oxygen atoms in total. The Morgan fingerprint density at radius 2 is 2.00 bits per heavy atom. The summed E-state index contributed by atoms with van der Waals surface area (Å²) in [5.74, 6) is 0.207. The molecule has 0 saturated heterocycles. The number of nitrogens with one attached hydrogen (secondary N) is 2. The van der Waals surface area contributed by atoms with E-state index in [1.807, 2.05) is 39.8 Å². The van der Waals surface area contributed by atoms with Crippen molar-refractivity contribution in [1.82, 2.24) is 10.6 Å². The minimum atomic E-state index is -0.218. The first-order valence-corrected chi connectivity index (χ1v) is 6.08. The zero-order valence-electron chi connectivity index (χ0n) is 11.5. The fraction of sp³-hybridized carbons (Fsp3) is 0.500. The first kappa shape index (κ1) is 14.5. The van der Waals surface area contributed by atoms with Crippen LogP contribution in [0.4, 0.5) is 0 Å². The highest BCUT2D eigenvalue weighted by atomic mass is 16.3. The van der Waals surface area contributed by atoms with E-state index in [0.717, 1.165) is 11.1 Å². The van der Waals surface area contributed by atoms with E-state index < -0.39 is 0 Å². The molecule has 0 unspecified atom stereocenters. The lowest BCUT2D eigenvalue weighted by atomic mass is 10.1. The zero-order chi connectivity index (χ0) is 13.8. The van der Waals surface area contributed by atoms with Gasteiger partial charge < -0.3 is 15.7 Å². The van der Waals surface area contributed by atoms with E-state index in [1.165, 1.54) is 0 Å². The third-order valence-corrected chi connectivity index (χ3v) is 2.35. The van der Waals surface area contributed by atoms with Gasteiger partial charge in [-0.25, -0.2) is 0 Å². The third kappa shape index (κ3) is 5.19. The van der Waals surface area contributed by atoms with Crippen LogP contribution >= 0.6 is 0 Å². The molecule has 0 radical (unpaired) electrons. The van der Waals surface area contributed by atoms with Gasteiger partial charge in [0.1, 0.15) is 5.75 Å². The maximum Gasteiger partial charge on any atom is 0.234 e. The van der Waals surface area contributed by atoms with Gasteiger partial charge in [0.15, 0.2) is 0 Å². The van der Waals surface area contributed by atoms with Gasteiger partial charge in [-0.1, -0.05) is 17.7 Å². The molecule has 100 valence electrons. The van der Waals surface area contributed by atoms with Gasteiger partial charge in [0.25, 0.3) is 0 Å². The van der Waals surface area contributed by atoms with Crippen molar-refractivity contribution in [3.8, 4) is 5.75 Å². The smallest absolute Gasteiger partial charge is 0.234 e. The fourth-order valence-corrected chi connectivity index (χ4v) is 1.63. The van der Waals surface area contributed by atoms with Gasteiger partial charge >= 0.3 is 0 Å². The number of aromatic hydroxyl groups is 1. The molecule has 0 aromatic heterocycles. The largest absolute Gasteiger partial charge is 0.508 e. The SMILES string of the molecule is Cc1ccc(O)c(CNCC(=O)NC(C)(C)C)c1. The molecule has 0 aliphatic rings. The van der Waals surface area contributed by atoms with Crippen molar-refractivity contribution in [1.29, 1.82) is 0 Å². The quantitative estimate of drug-likeness (QED) is 0.762. The van der Waals surface area contributed by atoms with E-state index in [2.05, 4.69) is 10.6 Å². The Morgan fingerprint density at radius 3 is 2.61 bits per heavy atom. The highest BCUT2D eigenvalue weighted by Gasteiger charge is 2.13. The summed E-state index contributed by atoms with van der Waals surface area (Å²) in [6.07, 6.45) is 0. The van der Waals surface area contributed by atoms with Crippen molar-refractivity contribution in [2.24, 2.45) is 0 Å². The van der Waals surface area contributed by atoms with E-state index in [0.29, 0.717) is 6.54 Å². The monoisotopic (exact) mass is 250 g/mol. The highest BCUT2D eigenvalue weighted by Crippen LogP contribution is 2.17. The van der Waals surface area contributed by atoms with Gasteiger partial charge in [-0.2, -0.15) is 0 Å². The summed E-state index contributed by atoms with van der Waals surface area (Å²) < 4.78 is 0. The molecule has 0 atom stereocenters. The summed E-state index contributed by atoms with van der Waals surface area (Å²) in [5.41, 5.74) is 1.67. The van der Waals surface area contributed by atoms with Crippen LogP contribution in [0.25, 0.3) is 0 Å². The standard InChI is InChI=1S/C14H22N2O2/c1-10-5-6-12(17)11(7-10)8-15-9-13(18)16-14(2,3)4/h5-7,15,17H,8-9H2,1-4H3,(H,16,18). The van der Waals surface area contributed by atoms with Crippen molar-refractivity contribution in [3.63, 3.8) is 0 Å². The molecule has 0 spiro atoms. The van der Waals surface area contributed by atoms with Gasteiger partial charge in [0.05, 0.1) is 6.54 Å². The number of carbonyl (C=O) groups excluding carboxylic acids is 1. The molecule has 0 saturated carbocycles. The predicted molar refractivity (Wildman–Crippen MR) is 72.4 cm³/mol. The fourth-order valence-electron chi connectivity index (χ4n) is 1.63. The molecule has 0 aliphatic heterocycles. The van der Waals surface area contributed by atoms with Crippen LogP contribution in [-0.4, -0.2) is 23.1 Å². The number of benzene rings is 1. The Hall–Kier alpha value is -1.55. The van der Waals surface area contributed by atoms with E-state index in [-0.39, 0.29) is 23.7 Å². The summed E-state index contributed by atoms with van der Waals surface area (Å²) in [5, 5.41) is 15.5. The summed E-state index contributed by atoms with van der Waals surface area (Å²) in [6.45, 7) is 8.51. The molecule has 3 N–H and O–H groups in total. The van der Waals surface area contributed by atoms with Crippen molar-refractivity contribution in [2.45, 2.75) is 39.8 Å². The number of phenols is 1. The van der Waals surface area contributed by atoms with Crippen molar-refractivity contribution in [3.05, 3.63) is 29.3 Å². The number of amides is 1. The Kier molecular flexibility index (Phi) is 4.73. The molecule has 18 heavy (non-hydrogen) atoms. The molecule has 0 heterocycles. The third-order valence-electron chi connectivity index (χ3n) is 2.35. The molecule has 0 fully saturated rings. The maximum absolute atomic E-state index is 11.6. The summed E-state index contributed by atoms with van der Waals surface area (Å²) in [7, 11) is 0. The van der Waals surface area contributed by atoms with E-state index in [4.69, 9.17) is 0 Å². The van der Waals surface area contributed by atoms with Gasteiger partial charge in [-0.15, -0.1) is 0 Å². The summed E-state index contributed by atoms with van der Waals surface area (Å²) in [4.78, 5) is 11.6. The highest BCUT2D eigenvalue weighted by molar-refractivity contribution is 5.78. The number of rotatable bonds is 4. The second-order valence-corrected chi connectivity index (χ2v) is 5.53. The number of phenolic OH excluding ortho intramolecular Hbond substituents is 1. The van der Waals surface area contributed by atoms with Crippen LogP contribution in [0.2, 0.25) is 0 Å². The average Bonchev–Trinajstić information content (AvgIpc) is 2.20. The second-order valence-electron chi connectivity index (χ2n) is 5.53. The predicted octanol–water partition coefficient (Wildman–Crippen LogP) is 1.70.